The first-order valence-electron chi connectivity index (χ1n) is 11.1. The summed E-state index contributed by atoms with van der Waals surface area (Å²) in [4.78, 5) is 12.3. The maximum absolute atomic E-state index is 12.3. The molecular formula is C24H28O11. The second kappa shape index (κ2) is 11.3. The van der Waals surface area contributed by atoms with Crippen LogP contribution in [0, 0.1) is 5.92 Å². The van der Waals surface area contributed by atoms with Gasteiger partial charge < -0.3 is 49.2 Å². The lowest BCUT2D eigenvalue weighted by molar-refractivity contribution is -0.318. The van der Waals surface area contributed by atoms with Crippen LogP contribution in [0.4, 0.5) is 0 Å². The van der Waals surface area contributed by atoms with E-state index < -0.39 is 55.0 Å². The van der Waals surface area contributed by atoms with Crippen molar-refractivity contribution in [1.29, 1.82) is 0 Å². The minimum Gasteiger partial charge on any atom is -0.508 e. The fourth-order valence-corrected chi connectivity index (χ4v) is 3.83. The van der Waals surface area contributed by atoms with Gasteiger partial charge in [-0.2, -0.15) is 0 Å². The van der Waals surface area contributed by atoms with E-state index in [-0.39, 0.29) is 31.3 Å². The number of aliphatic hydroxyl groups is 4. The van der Waals surface area contributed by atoms with E-state index in [1.54, 1.807) is 30.3 Å². The minimum absolute atomic E-state index is 0.00777. The summed E-state index contributed by atoms with van der Waals surface area (Å²) in [5, 5.41) is 50.7. The van der Waals surface area contributed by atoms with Gasteiger partial charge in [-0.25, -0.2) is 4.79 Å². The average Bonchev–Trinajstić information content (AvgIpc) is 3.23. The number of hydrogen-bond acceptors (Lipinski definition) is 11. The lowest BCUT2D eigenvalue weighted by Crippen LogP contribution is -2.62. The molecule has 4 rings (SSSR count). The summed E-state index contributed by atoms with van der Waals surface area (Å²) in [6.07, 6.45) is -9.30. The van der Waals surface area contributed by atoms with Crippen LogP contribution in [0.25, 0.3) is 0 Å². The number of benzene rings is 2. The summed E-state index contributed by atoms with van der Waals surface area (Å²) >= 11 is 0. The molecule has 11 nitrogen and oxygen atoms in total. The number of carbonyl (C=O) groups excluding carboxylic acids is 1. The molecule has 2 saturated heterocycles. The third kappa shape index (κ3) is 5.90. The van der Waals surface area contributed by atoms with Crippen LogP contribution in [-0.4, -0.2) is 94.4 Å². The highest BCUT2D eigenvalue weighted by atomic mass is 16.8. The standard InChI is InChI=1S/C24H28O11/c25-10-14-11-32-23(18(14)27)35-21-20(29)19(28)17(12-31-22(30)13-4-2-1-3-5-13)34-24(21)33-16-8-6-15(26)7-9-16/h1-9,14,17-21,23-29H,10-12H2. The van der Waals surface area contributed by atoms with Crippen molar-refractivity contribution >= 4 is 5.97 Å². The van der Waals surface area contributed by atoms with E-state index >= 15 is 0 Å². The zero-order valence-corrected chi connectivity index (χ0v) is 18.6. The van der Waals surface area contributed by atoms with Gasteiger partial charge >= 0.3 is 5.97 Å². The van der Waals surface area contributed by atoms with Crippen LogP contribution in [-0.2, 0) is 18.9 Å². The van der Waals surface area contributed by atoms with Crippen LogP contribution < -0.4 is 4.74 Å². The van der Waals surface area contributed by atoms with Crippen LogP contribution in [0.1, 0.15) is 10.4 Å². The van der Waals surface area contributed by atoms with Crippen LogP contribution in [0.15, 0.2) is 54.6 Å². The Hall–Kier alpha value is -2.77. The molecule has 8 unspecified atom stereocenters. The number of ether oxygens (including phenoxy) is 5. The van der Waals surface area contributed by atoms with Gasteiger partial charge in [0, 0.05) is 5.92 Å². The van der Waals surface area contributed by atoms with E-state index in [9.17, 15) is 30.3 Å². The Morgan fingerprint density at radius 1 is 0.943 bits per heavy atom. The Balaban J connectivity index is 1.48. The third-order valence-corrected chi connectivity index (χ3v) is 5.88. The zero-order chi connectivity index (χ0) is 24.9. The van der Waals surface area contributed by atoms with Gasteiger partial charge in [0.2, 0.25) is 6.29 Å². The van der Waals surface area contributed by atoms with Gasteiger partial charge in [0.15, 0.2) is 12.4 Å². The SMILES string of the molecule is O=C(OCC1OC(Oc2ccc(O)cc2)C(OC2OCC(CO)C2O)C(O)C1O)c1ccccc1. The van der Waals surface area contributed by atoms with Crippen LogP contribution >= 0.6 is 0 Å². The zero-order valence-electron chi connectivity index (χ0n) is 18.6. The van der Waals surface area contributed by atoms with Crippen molar-refractivity contribution in [3.05, 3.63) is 60.2 Å². The highest BCUT2D eigenvalue weighted by Crippen LogP contribution is 2.31. The number of phenolic OH excluding ortho intramolecular Hbond substituents is 1. The second-order valence-corrected chi connectivity index (χ2v) is 8.34. The van der Waals surface area contributed by atoms with Crippen molar-refractivity contribution in [2.45, 2.75) is 43.1 Å². The van der Waals surface area contributed by atoms with Gasteiger partial charge in [-0.15, -0.1) is 0 Å². The fourth-order valence-electron chi connectivity index (χ4n) is 3.83. The number of aromatic hydroxyl groups is 1. The molecule has 0 amide bonds. The molecule has 5 N–H and O–H groups in total. The van der Waals surface area contributed by atoms with Crippen molar-refractivity contribution in [3.8, 4) is 11.5 Å². The number of rotatable bonds is 8. The highest BCUT2D eigenvalue weighted by molar-refractivity contribution is 5.89. The molecule has 2 heterocycles. The van der Waals surface area contributed by atoms with E-state index in [2.05, 4.69) is 0 Å². The van der Waals surface area contributed by atoms with E-state index in [0.717, 1.165) is 0 Å². The Labute approximate surface area is 201 Å². The Morgan fingerprint density at radius 3 is 2.31 bits per heavy atom. The maximum atomic E-state index is 12.3. The molecular weight excluding hydrogens is 464 g/mol. The van der Waals surface area contributed by atoms with Gasteiger partial charge in [-0.1, -0.05) is 18.2 Å². The molecule has 2 aromatic rings. The van der Waals surface area contributed by atoms with Crippen LogP contribution in [0.2, 0.25) is 0 Å². The molecule has 0 spiro atoms. The molecule has 0 aromatic heterocycles. The van der Waals surface area contributed by atoms with E-state index in [4.69, 9.17) is 23.7 Å². The van der Waals surface area contributed by atoms with E-state index in [0.29, 0.717) is 5.56 Å². The Kier molecular flexibility index (Phi) is 8.19. The molecule has 2 aliphatic rings. The number of carbonyl (C=O) groups is 1. The second-order valence-electron chi connectivity index (χ2n) is 8.34. The quantitative estimate of drug-likeness (QED) is 0.310. The first-order valence-corrected chi connectivity index (χ1v) is 11.1. The predicted octanol–water partition coefficient (Wildman–Crippen LogP) is -0.214. The molecule has 0 saturated carbocycles. The summed E-state index contributed by atoms with van der Waals surface area (Å²) < 4.78 is 28.0. The fraction of sp³-hybridized carbons (Fsp3) is 0.458. The van der Waals surface area contributed by atoms with Gasteiger partial charge in [0.1, 0.15) is 42.5 Å². The summed E-state index contributed by atoms with van der Waals surface area (Å²) in [5.41, 5.74) is 0.308. The topological polar surface area (TPSA) is 164 Å². The number of aliphatic hydroxyl groups excluding tert-OH is 4. The van der Waals surface area contributed by atoms with Crippen LogP contribution in [0.5, 0.6) is 11.5 Å². The largest absolute Gasteiger partial charge is 0.508 e. The molecule has 8 atom stereocenters. The summed E-state index contributed by atoms with van der Waals surface area (Å²) in [7, 11) is 0. The monoisotopic (exact) mass is 492 g/mol. The lowest BCUT2D eigenvalue weighted by atomic mass is 9.98. The molecule has 190 valence electrons. The molecule has 11 heteroatoms. The summed E-state index contributed by atoms with van der Waals surface area (Å²) in [5.74, 6) is -0.949. The van der Waals surface area contributed by atoms with Crippen molar-refractivity contribution in [1.82, 2.24) is 0 Å². The molecule has 0 bridgehead atoms. The van der Waals surface area contributed by atoms with Gasteiger partial charge in [0.05, 0.1) is 18.8 Å². The van der Waals surface area contributed by atoms with Crippen molar-refractivity contribution < 1.29 is 54.0 Å². The van der Waals surface area contributed by atoms with Gasteiger partial charge in [-0.05, 0) is 36.4 Å². The first-order chi connectivity index (χ1) is 16.9. The first kappa shape index (κ1) is 25.3. The average molecular weight is 492 g/mol. The lowest BCUT2D eigenvalue weighted by Gasteiger charge is -2.42. The Bertz CT molecular complexity index is 954. The molecule has 0 radical (unpaired) electrons. The van der Waals surface area contributed by atoms with Crippen molar-refractivity contribution in [2.75, 3.05) is 19.8 Å². The molecule has 2 aromatic carbocycles. The number of hydrogen-bond donors (Lipinski definition) is 5. The number of esters is 1. The smallest absolute Gasteiger partial charge is 0.338 e. The van der Waals surface area contributed by atoms with Gasteiger partial charge in [-0.3, -0.25) is 0 Å². The summed E-state index contributed by atoms with van der Waals surface area (Å²) in [6.45, 7) is -0.672. The molecule has 2 fully saturated rings. The highest BCUT2D eigenvalue weighted by Gasteiger charge is 2.50. The predicted molar refractivity (Wildman–Crippen MR) is 117 cm³/mol. The minimum atomic E-state index is -1.57. The number of phenols is 1. The van der Waals surface area contributed by atoms with Gasteiger partial charge in [0.25, 0.3) is 0 Å². The van der Waals surface area contributed by atoms with Crippen molar-refractivity contribution in [3.63, 3.8) is 0 Å². The summed E-state index contributed by atoms with van der Waals surface area (Å²) in [6, 6.07) is 13.9. The molecule has 35 heavy (non-hydrogen) atoms. The van der Waals surface area contributed by atoms with E-state index in [1.807, 2.05) is 0 Å². The van der Waals surface area contributed by atoms with E-state index in [1.165, 1.54) is 24.3 Å². The normalized spacial score (nSPS) is 32.8. The van der Waals surface area contributed by atoms with Crippen molar-refractivity contribution in [2.24, 2.45) is 5.92 Å². The Morgan fingerprint density at radius 2 is 1.66 bits per heavy atom. The van der Waals surface area contributed by atoms with Crippen LogP contribution in [0.3, 0.4) is 0 Å². The third-order valence-electron chi connectivity index (χ3n) is 5.88. The maximum Gasteiger partial charge on any atom is 0.338 e. The molecule has 2 aliphatic heterocycles. The molecule has 0 aliphatic carbocycles.